The number of aromatic amines is 1. The van der Waals surface area contributed by atoms with E-state index in [-0.39, 0.29) is 17.8 Å². The molecule has 0 aromatic carbocycles. The molecule has 6 nitrogen and oxygen atoms in total. The molecule has 1 amide bonds. The molecule has 7 heteroatoms. The Labute approximate surface area is 125 Å². The van der Waals surface area contributed by atoms with Gasteiger partial charge in [-0.15, -0.1) is 0 Å². The van der Waals surface area contributed by atoms with E-state index in [1.54, 1.807) is 0 Å². The zero-order chi connectivity index (χ0) is 14.5. The van der Waals surface area contributed by atoms with Gasteiger partial charge in [0.05, 0.1) is 0 Å². The van der Waals surface area contributed by atoms with E-state index in [0.717, 1.165) is 25.7 Å². The average Bonchev–Trinajstić information content (AvgIpc) is 2.95. The van der Waals surface area contributed by atoms with Crippen molar-refractivity contribution in [2.24, 2.45) is 0 Å². The Morgan fingerprint density at radius 2 is 2.10 bits per heavy atom. The predicted molar refractivity (Wildman–Crippen MR) is 79.2 cm³/mol. The van der Waals surface area contributed by atoms with Gasteiger partial charge in [-0.3, -0.25) is 4.79 Å². The molecule has 1 heterocycles. The number of nitrogens with zero attached hydrogens (tertiary/aromatic N) is 2. The van der Waals surface area contributed by atoms with Crippen LogP contribution in [0.2, 0.25) is 0 Å². The van der Waals surface area contributed by atoms with Crippen LogP contribution in [-0.2, 0) is 0 Å². The number of hydrogen-bond donors (Lipinski definition) is 1. The maximum Gasteiger partial charge on any atom is 0.321 e. The van der Waals surface area contributed by atoms with Crippen molar-refractivity contribution in [2.45, 2.75) is 38.1 Å². The molecule has 1 aliphatic rings. The van der Waals surface area contributed by atoms with Crippen LogP contribution in [0.15, 0.2) is 12.1 Å². The van der Waals surface area contributed by atoms with Gasteiger partial charge in [-0.1, -0.05) is 35.2 Å². The first-order valence-electron chi connectivity index (χ1n) is 6.84. The first-order valence-corrected chi connectivity index (χ1v) is 7.96. The van der Waals surface area contributed by atoms with E-state index in [1.165, 1.54) is 18.6 Å². The van der Waals surface area contributed by atoms with Crippen LogP contribution in [0.3, 0.4) is 0 Å². The normalized spacial score (nSPS) is 16.1. The van der Waals surface area contributed by atoms with Gasteiger partial charge < -0.3 is 15.0 Å². The first kappa shape index (κ1) is 15.0. The molecule has 2 rings (SSSR count). The molecule has 1 aliphatic carbocycles. The van der Waals surface area contributed by atoms with Crippen LogP contribution in [0, 0.1) is 10.1 Å². The number of amides is 1. The standard InChI is InChI=1S/C13H18BrN3O3/c14-8-9-16(10-4-2-1-3-5-10)13(18)11-6-7-12(15-11)17(19)20/h6-7,10,15H,1-5,8-9H2. The number of nitrogens with one attached hydrogen (secondary N) is 1. The molecule has 110 valence electrons. The molecule has 0 saturated heterocycles. The van der Waals surface area contributed by atoms with Crippen LogP contribution in [0.5, 0.6) is 0 Å². The number of aromatic nitrogens is 1. The Balaban J connectivity index is 2.14. The van der Waals surface area contributed by atoms with Crippen molar-refractivity contribution >= 4 is 27.7 Å². The Morgan fingerprint density at radius 3 is 2.65 bits per heavy atom. The Morgan fingerprint density at radius 1 is 1.40 bits per heavy atom. The van der Waals surface area contributed by atoms with Crippen LogP contribution in [0.25, 0.3) is 0 Å². The molecule has 0 atom stereocenters. The molecule has 20 heavy (non-hydrogen) atoms. The number of carbonyl (C=O) groups is 1. The van der Waals surface area contributed by atoms with Crippen molar-refractivity contribution < 1.29 is 9.72 Å². The van der Waals surface area contributed by atoms with E-state index >= 15 is 0 Å². The van der Waals surface area contributed by atoms with E-state index < -0.39 is 4.92 Å². The Kier molecular flexibility index (Phi) is 5.17. The number of nitro groups is 1. The van der Waals surface area contributed by atoms with Crippen LogP contribution >= 0.6 is 15.9 Å². The summed E-state index contributed by atoms with van der Waals surface area (Å²) in [5.41, 5.74) is 0.295. The van der Waals surface area contributed by atoms with Crippen molar-refractivity contribution in [3.63, 3.8) is 0 Å². The van der Waals surface area contributed by atoms with Crippen LogP contribution in [0.1, 0.15) is 42.6 Å². The van der Waals surface area contributed by atoms with Gasteiger partial charge >= 0.3 is 5.82 Å². The van der Waals surface area contributed by atoms with Crippen LogP contribution in [-0.4, -0.2) is 38.6 Å². The summed E-state index contributed by atoms with van der Waals surface area (Å²) in [6.07, 6.45) is 5.53. The third-order valence-corrected chi connectivity index (χ3v) is 4.05. The fourth-order valence-corrected chi connectivity index (χ4v) is 3.09. The quantitative estimate of drug-likeness (QED) is 0.506. The molecule has 1 fully saturated rings. The molecule has 1 saturated carbocycles. The Bertz CT molecular complexity index is 483. The van der Waals surface area contributed by atoms with Crippen molar-refractivity contribution in [3.05, 3.63) is 27.9 Å². The van der Waals surface area contributed by atoms with Crippen LogP contribution in [0.4, 0.5) is 5.82 Å². The van der Waals surface area contributed by atoms with Gasteiger partial charge in [0.15, 0.2) is 5.69 Å². The summed E-state index contributed by atoms with van der Waals surface area (Å²) in [4.78, 5) is 27.1. The highest BCUT2D eigenvalue weighted by atomic mass is 79.9. The molecule has 0 aliphatic heterocycles. The zero-order valence-electron chi connectivity index (χ0n) is 11.2. The third-order valence-electron chi connectivity index (χ3n) is 3.70. The molecule has 1 N–H and O–H groups in total. The van der Waals surface area contributed by atoms with Crippen LogP contribution < -0.4 is 0 Å². The summed E-state index contributed by atoms with van der Waals surface area (Å²) in [7, 11) is 0. The largest absolute Gasteiger partial charge is 0.358 e. The molecule has 1 aromatic heterocycles. The number of hydrogen-bond acceptors (Lipinski definition) is 3. The lowest BCUT2D eigenvalue weighted by Crippen LogP contribution is -2.42. The second-order valence-corrected chi connectivity index (χ2v) is 5.79. The lowest BCUT2D eigenvalue weighted by atomic mass is 9.94. The smallest absolute Gasteiger partial charge is 0.321 e. The van der Waals surface area contributed by atoms with Gasteiger partial charge in [-0.05, 0) is 23.8 Å². The highest BCUT2D eigenvalue weighted by Crippen LogP contribution is 2.24. The summed E-state index contributed by atoms with van der Waals surface area (Å²) in [6.45, 7) is 0.621. The lowest BCUT2D eigenvalue weighted by Gasteiger charge is -2.33. The summed E-state index contributed by atoms with van der Waals surface area (Å²) in [5.74, 6) is -0.291. The van der Waals surface area contributed by atoms with Crippen molar-refractivity contribution in [2.75, 3.05) is 11.9 Å². The van der Waals surface area contributed by atoms with Gasteiger partial charge in [-0.2, -0.15) is 0 Å². The van der Waals surface area contributed by atoms with Gasteiger partial charge in [0.2, 0.25) is 0 Å². The minimum absolute atomic E-state index is 0.143. The van der Waals surface area contributed by atoms with Crippen molar-refractivity contribution in [3.8, 4) is 0 Å². The van der Waals surface area contributed by atoms with Gasteiger partial charge in [-0.25, -0.2) is 4.98 Å². The van der Waals surface area contributed by atoms with Gasteiger partial charge in [0.25, 0.3) is 5.91 Å². The number of H-pyrrole nitrogens is 1. The number of halogens is 1. The van der Waals surface area contributed by atoms with Crippen molar-refractivity contribution in [1.82, 2.24) is 9.88 Å². The zero-order valence-corrected chi connectivity index (χ0v) is 12.8. The molecule has 0 unspecified atom stereocenters. The fraction of sp³-hybridized carbons (Fsp3) is 0.615. The second-order valence-electron chi connectivity index (χ2n) is 4.99. The SMILES string of the molecule is O=C(c1ccc([N+](=O)[O-])[nH]1)N(CCBr)C1CCCCC1. The van der Waals surface area contributed by atoms with E-state index in [1.807, 2.05) is 4.90 Å². The fourth-order valence-electron chi connectivity index (χ4n) is 2.70. The minimum Gasteiger partial charge on any atom is -0.358 e. The summed E-state index contributed by atoms with van der Waals surface area (Å²) in [5, 5.41) is 11.4. The maximum atomic E-state index is 12.5. The van der Waals surface area contributed by atoms with Gasteiger partial charge in [0, 0.05) is 24.0 Å². The summed E-state index contributed by atoms with van der Waals surface area (Å²) < 4.78 is 0. The number of rotatable bonds is 5. The van der Waals surface area contributed by atoms with E-state index in [2.05, 4.69) is 20.9 Å². The highest BCUT2D eigenvalue weighted by molar-refractivity contribution is 9.09. The predicted octanol–water partition coefficient (Wildman–Crippen LogP) is 3.09. The first-order chi connectivity index (χ1) is 9.63. The number of carbonyl (C=O) groups excluding carboxylic acids is 1. The molecule has 0 radical (unpaired) electrons. The maximum absolute atomic E-state index is 12.5. The molecule has 0 spiro atoms. The molecular weight excluding hydrogens is 326 g/mol. The third kappa shape index (κ3) is 3.39. The molecule has 0 bridgehead atoms. The highest BCUT2D eigenvalue weighted by Gasteiger charge is 2.28. The monoisotopic (exact) mass is 343 g/mol. The molecular formula is C13H18BrN3O3. The lowest BCUT2D eigenvalue weighted by molar-refractivity contribution is -0.389. The average molecular weight is 344 g/mol. The second kappa shape index (κ2) is 6.88. The van der Waals surface area contributed by atoms with E-state index in [4.69, 9.17) is 0 Å². The number of alkyl halides is 1. The Hall–Kier alpha value is -1.37. The minimum atomic E-state index is -0.522. The van der Waals surface area contributed by atoms with Gasteiger partial charge in [0.1, 0.15) is 0 Å². The summed E-state index contributed by atoms with van der Waals surface area (Å²) in [6, 6.07) is 3.07. The van der Waals surface area contributed by atoms with E-state index in [9.17, 15) is 14.9 Å². The summed E-state index contributed by atoms with van der Waals surface area (Å²) >= 11 is 3.37. The molecule has 1 aromatic rings. The van der Waals surface area contributed by atoms with E-state index in [0.29, 0.717) is 17.6 Å². The topological polar surface area (TPSA) is 79.2 Å². The van der Waals surface area contributed by atoms with Crippen molar-refractivity contribution in [1.29, 1.82) is 0 Å².